The summed E-state index contributed by atoms with van der Waals surface area (Å²) in [7, 11) is 0. The van der Waals surface area contributed by atoms with Gasteiger partial charge in [0.1, 0.15) is 5.84 Å². The average Bonchev–Trinajstić information content (AvgIpc) is 2.38. The van der Waals surface area contributed by atoms with E-state index in [4.69, 9.17) is 10.9 Å². The summed E-state index contributed by atoms with van der Waals surface area (Å²) in [6, 6.07) is 0.610. The molecule has 1 saturated heterocycles. The van der Waals surface area contributed by atoms with Crippen LogP contribution in [0.25, 0.3) is 0 Å². The zero-order chi connectivity index (χ0) is 12.5. The number of nitrogens with two attached hydrogens (primary N) is 1. The molecule has 0 aromatic carbocycles. The Morgan fingerprint density at radius 2 is 2.12 bits per heavy atom. The first-order valence-corrected chi connectivity index (χ1v) is 6.65. The fourth-order valence-electron chi connectivity index (χ4n) is 2.24. The van der Waals surface area contributed by atoms with E-state index in [1.54, 1.807) is 0 Å². The molecule has 100 valence electrons. The van der Waals surface area contributed by atoms with E-state index in [1.807, 2.05) is 0 Å². The maximum absolute atomic E-state index is 8.39. The molecular weight excluding hydrogens is 216 g/mol. The minimum atomic E-state index is 0.316. The summed E-state index contributed by atoms with van der Waals surface area (Å²) in [6.45, 7) is 6.71. The highest BCUT2D eigenvalue weighted by Gasteiger charge is 2.15. The molecule has 1 heterocycles. The van der Waals surface area contributed by atoms with Crippen LogP contribution in [0.1, 0.15) is 39.0 Å². The Kier molecular flexibility index (Phi) is 6.96. The second-order valence-corrected chi connectivity index (χ2v) is 4.84. The molecular formula is C12H26N4O. The number of rotatable bonds is 7. The Bertz CT molecular complexity index is 227. The minimum absolute atomic E-state index is 0.316. The number of likely N-dealkylation sites (tertiary alicyclic amines) is 1. The lowest BCUT2D eigenvalue weighted by Gasteiger charge is -2.32. The summed E-state index contributed by atoms with van der Waals surface area (Å²) in [5, 5.41) is 14.8. The van der Waals surface area contributed by atoms with Crippen LogP contribution < -0.4 is 11.1 Å². The normalized spacial score (nSPS) is 20.4. The lowest BCUT2D eigenvalue weighted by atomic mass is 10.1. The van der Waals surface area contributed by atoms with Crippen LogP contribution in [0.4, 0.5) is 0 Å². The van der Waals surface area contributed by atoms with Gasteiger partial charge in [-0.2, -0.15) is 0 Å². The molecule has 0 aromatic rings. The van der Waals surface area contributed by atoms with E-state index in [0.29, 0.717) is 18.3 Å². The Hall–Kier alpha value is -0.810. The molecule has 0 aliphatic carbocycles. The molecule has 0 amide bonds. The summed E-state index contributed by atoms with van der Waals surface area (Å²) in [4.78, 5) is 2.56. The van der Waals surface area contributed by atoms with Crippen LogP contribution in [0.15, 0.2) is 5.16 Å². The van der Waals surface area contributed by atoms with Gasteiger partial charge in [-0.3, -0.25) is 4.90 Å². The number of amidine groups is 1. The Balaban J connectivity index is 2.01. The van der Waals surface area contributed by atoms with E-state index in [0.717, 1.165) is 19.5 Å². The second-order valence-electron chi connectivity index (χ2n) is 4.84. The van der Waals surface area contributed by atoms with Gasteiger partial charge >= 0.3 is 0 Å². The van der Waals surface area contributed by atoms with Crippen molar-refractivity contribution in [3.63, 3.8) is 0 Å². The molecule has 1 rings (SSSR count). The maximum atomic E-state index is 8.39. The molecule has 1 unspecified atom stereocenters. The average molecular weight is 242 g/mol. The number of hydrogen-bond donors (Lipinski definition) is 3. The van der Waals surface area contributed by atoms with Crippen LogP contribution in [-0.2, 0) is 0 Å². The first-order valence-electron chi connectivity index (χ1n) is 6.65. The van der Waals surface area contributed by atoms with Gasteiger partial charge in [0.15, 0.2) is 0 Å². The predicted octanol–water partition coefficient (Wildman–Crippen LogP) is 0.977. The lowest BCUT2D eigenvalue weighted by Crippen LogP contribution is -2.43. The third kappa shape index (κ3) is 5.89. The quantitative estimate of drug-likeness (QED) is 0.204. The third-order valence-corrected chi connectivity index (χ3v) is 3.37. The number of piperidine rings is 1. The van der Waals surface area contributed by atoms with Crippen LogP contribution in [-0.4, -0.2) is 48.2 Å². The van der Waals surface area contributed by atoms with Crippen LogP contribution in [0, 0.1) is 0 Å². The van der Waals surface area contributed by atoms with E-state index in [9.17, 15) is 0 Å². The molecule has 0 spiro atoms. The molecule has 1 atom stereocenters. The summed E-state index contributed by atoms with van der Waals surface area (Å²) in [5.74, 6) is 0.316. The number of nitrogens with one attached hydrogen (secondary N) is 1. The smallest absolute Gasteiger partial charge is 0.139 e. The zero-order valence-electron chi connectivity index (χ0n) is 10.9. The van der Waals surface area contributed by atoms with Crippen molar-refractivity contribution < 1.29 is 5.21 Å². The summed E-state index contributed by atoms with van der Waals surface area (Å²) < 4.78 is 0. The van der Waals surface area contributed by atoms with E-state index in [-0.39, 0.29) is 0 Å². The highest BCUT2D eigenvalue weighted by molar-refractivity contribution is 5.79. The van der Waals surface area contributed by atoms with Crippen molar-refractivity contribution in [3.8, 4) is 0 Å². The molecule has 1 aliphatic heterocycles. The number of nitrogens with zero attached hydrogens (tertiary/aromatic N) is 2. The maximum Gasteiger partial charge on any atom is 0.139 e. The highest BCUT2D eigenvalue weighted by Crippen LogP contribution is 2.11. The first-order chi connectivity index (χ1) is 8.24. The van der Waals surface area contributed by atoms with E-state index >= 15 is 0 Å². The minimum Gasteiger partial charge on any atom is -0.409 e. The van der Waals surface area contributed by atoms with E-state index in [1.165, 1.54) is 32.4 Å². The molecule has 5 nitrogen and oxygen atoms in total. The molecule has 1 aliphatic rings. The standard InChI is InChI=1S/C12H26N4O/c1-11(16-8-3-2-4-9-16)10-14-7-5-6-12(13)15-17/h11,14,17H,2-10H2,1H3,(H2,13,15). The van der Waals surface area contributed by atoms with Crippen LogP contribution in [0.5, 0.6) is 0 Å². The molecule has 4 N–H and O–H groups in total. The molecule has 1 fully saturated rings. The highest BCUT2D eigenvalue weighted by atomic mass is 16.4. The first kappa shape index (κ1) is 14.3. The predicted molar refractivity (Wildman–Crippen MR) is 70.4 cm³/mol. The monoisotopic (exact) mass is 242 g/mol. The second kappa shape index (κ2) is 8.31. The largest absolute Gasteiger partial charge is 0.409 e. The van der Waals surface area contributed by atoms with Gasteiger partial charge in [-0.1, -0.05) is 11.6 Å². The summed E-state index contributed by atoms with van der Waals surface area (Å²) >= 11 is 0. The van der Waals surface area contributed by atoms with Crippen LogP contribution in [0.3, 0.4) is 0 Å². The van der Waals surface area contributed by atoms with Gasteiger partial charge in [0.05, 0.1) is 0 Å². The fourth-order valence-corrected chi connectivity index (χ4v) is 2.24. The van der Waals surface area contributed by atoms with Gasteiger partial charge < -0.3 is 16.3 Å². The van der Waals surface area contributed by atoms with Crippen molar-refractivity contribution in [1.82, 2.24) is 10.2 Å². The van der Waals surface area contributed by atoms with Gasteiger partial charge in [-0.05, 0) is 45.8 Å². The van der Waals surface area contributed by atoms with E-state index in [2.05, 4.69) is 22.3 Å². The molecule has 5 heteroatoms. The van der Waals surface area contributed by atoms with Gasteiger partial charge in [-0.25, -0.2) is 0 Å². The SMILES string of the molecule is CC(CNCCC/C(N)=N/O)N1CCCCC1. The Labute approximate surface area is 104 Å². The molecule has 0 radical (unpaired) electrons. The topological polar surface area (TPSA) is 73.9 Å². The number of hydrogen-bond acceptors (Lipinski definition) is 4. The van der Waals surface area contributed by atoms with Crippen molar-refractivity contribution >= 4 is 5.84 Å². The van der Waals surface area contributed by atoms with Crippen molar-refractivity contribution in [2.24, 2.45) is 10.9 Å². The van der Waals surface area contributed by atoms with E-state index < -0.39 is 0 Å². The van der Waals surface area contributed by atoms with Crippen molar-refractivity contribution in [1.29, 1.82) is 0 Å². The van der Waals surface area contributed by atoms with Crippen LogP contribution >= 0.6 is 0 Å². The summed E-state index contributed by atoms with van der Waals surface area (Å²) in [5.41, 5.74) is 5.40. The fraction of sp³-hybridized carbons (Fsp3) is 0.917. The van der Waals surface area contributed by atoms with Gasteiger partial charge in [0.25, 0.3) is 0 Å². The number of oxime groups is 1. The van der Waals surface area contributed by atoms with Gasteiger partial charge in [-0.15, -0.1) is 0 Å². The van der Waals surface area contributed by atoms with Crippen molar-refractivity contribution in [2.75, 3.05) is 26.2 Å². The van der Waals surface area contributed by atoms with Crippen molar-refractivity contribution in [2.45, 2.75) is 45.1 Å². The van der Waals surface area contributed by atoms with Crippen molar-refractivity contribution in [3.05, 3.63) is 0 Å². The van der Waals surface area contributed by atoms with Crippen LogP contribution in [0.2, 0.25) is 0 Å². The summed E-state index contributed by atoms with van der Waals surface area (Å²) in [6.07, 6.45) is 5.64. The molecule has 0 aromatic heterocycles. The molecule has 0 saturated carbocycles. The Morgan fingerprint density at radius 1 is 1.41 bits per heavy atom. The Morgan fingerprint density at radius 3 is 2.76 bits per heavy atom. The zero-order valence-corrected chi connectivity index (χ0v) is 10.9. The lowest BCUT2D eigenvalue weighted by molar-refractivity contribution is 0.171. The van der Waals surface area contributed by atoms with Gasteiger partial charge in [0.2, 0.25) is 0 Å². The molecule has 17 heavy (non-hydrogen) atoms. The van der Waals surface area contributed by atoms with Gasteiger partial charge in [0, 0.05) is 19.0 Å². The third-order valence-electron chi connectivity index (χ3n) is 3.37. The molecule has 0 bridgehead atoms.